The Hall–Kier alpha value is -1.36. The maximum absolute atomic E-state index is 11.6. The number of carbonyl (C=O) groups excluding carboxylic acids is 1. The highest BCUT2D eigenvalue weighted by molar-refractivity contribution is 5.70. The number of nitrogens with zero attached hydrogens (tertiary/aromatic N) is 3. The van der Waals surface area contributed by atoms with Crippen molar-refractivity contribution in [3.63, 3.8) is 0 Å². The van der Waals surface area contributed by atoms with Crippen LogP contribution in [-0.4, -0.2) is 41.4 Å². The standard InChI is InChI=1S/C12H21N3O2/c1-6-17-12(16)7-11(14(3)4)10-8-15(5)13-9(10)2/h8,11H,6-7H2,1-5H3. The van der Waals surface area contributed by atoms with Gasteiger partial charge in [-0.2, -0.15) is 5.10 Å². The van der Waals surface area contributed by atoms with E-state index in [0.29, 0.717) is 13.0 Å². The van der Waals surface area contributed by atoms with Gasteiger partial charge in [0.05, 0.1) is 18.7 Å². The lowest BCUT2D eigenvalue weighted by molar-refractivity contribution is -0.144. The molecule has 0 spiro atoms. The smallest absolute Gasteiger partial charge is 0.307 e. The summed E-state index contributed by atoms with van der Waals surface area (Å²) in [4.78, 5) is 13.6. The molecule has 1 aromatic rings. The molecular formula is C12H21N3O2. The van der Waals surface area contributed by atoms with E-state index in [9.17, 15) is 4.79 Å². The van der Waals surface area contributed by atoms with Crippen molar-refractivity contribution in [2.75, 3.05) is 20.7 Å². The predicted octanol–water partition coefficient (Wildman–Crippen LogP) is 1.28. The van der Waals surface area contributed by atoms with Gasteiger partial charge in [-0.3, -0.25) is 9.48 Å². The summed E-state index contributed by atoms with van der Waals surface area (Å²) in [5.41, 5.74) is 2.03. The summed E-state index contributed by atoms with van der Waals surface area (Å²) in [5.74, 6) is -0.172. The van der Waals surface area contributed by atoms with Crippen molar-refractivity contribution in [1.29, 1.82) is 0 Å². The molecule has 0 bridgehead atoms. The molecule has 0 aliphatic heterocycles. The number of aryl methyl sites for hydroxylation is 2. The number of hydrogen-bond acceptors (Lipinski definition) is 4. The Morgan fingerprint density at radius 3 is 2.65 bits per heavy atom. The summed E-state index contributed by atoms with van der Waals surface area (Å²) in [6.07, 6.45) is 2.31. The maximum Gasteiger partial charge on any atom is 0.307 e. The first-order valence-corrected chi connectivity index (χ1v) is 5.77. The second kappa shape index (κ2) is 5.82. The molecule has 1 atom stereocenters. The summed E-state index contributed by atoms with van der Waals surface area (Å²) in [6.45, 7) is 4.19. The highest BCUT2D eigenvalue weighted by atomic mass is 16.5. The van der Waals surface area contributed by atoms with Gasteiger partial charge in [0.25, 0.3) is 0 Å². The van der Waals surface area contributed by atoms with Crippen LogP contribution in [0.1, 0.15) is 30.6 Å². The van der Waals surface area contributed by atoms with E-state index in [0.717, 1.165) is 11.3 Å². The van der Waals surface area contributed by atoms with E-state index in [1.807, 2.05) is 46.1 Å². The monoisotopic (exact) mass is 239 g/mol. The van der Waals surface area contributed by atoms with Crippen LogP contribution in [0.2, 0.25) is 0 Å². The van der Waals surface area contributed by atoms with Gasteiger partial charge < -0.3 is 9.64 Å². The molecule has 5 heteroatoms. The van der Waals surface area contributed by atoms with Crippen LogP contribution >= 0.6 is 0 Å². The zero-order valence-corrected chi connectivity index (χ0v) is 11.2. The van der Waals surface area contributed by atoms with Crippen molar-refractivity contribution in [3.05, 3.63) is 17.5 Å². The molecule has 1 rings (SSSR count). The van der Waals surface area contributed by atoms with Gasteiger partial charge in [-0.1, -0.05) is 0 Å². The highest BCUT2D eigenvalue weighted by Crippen LogP contribution is 2.24. The molecule has 0 N–H and O–H groups in total. The average molecular weight is 239 g/mol. The van der Waals surface area contributed by atoms with Crippen molar-refractivity contribution in [2.45, 2.75) is 26.3 Å². The third-order valence-corrected chi connectivity index (χ3v) is 2.70. The number of esters is 1. The molecule has 17 heavy (non-hydrogen) atoms. The minimum Gasteiger partial charge on any atom is -0.466 e. The second-order valence-electron chi connectivity index (χ2n) is 4.33. The first-order chi connectivity index (χ1) is 7.95. The lowest BCUT2D eigenvalue weighted by Gasteiger charge is -2.23. The Kier molecular flexibility index (Phi) is 4.69. The zero-order valence-electron chi connectivity index (χ0n) is 11.2. The molecule has 1 unspecified atom stereocenters. The lowest BCUT2D eigenvalue weighted by atomic mass is 10.0. The van der Waals surface area contributed by atoms with Crippen molar-refractivity contribution >= 4 is 5.97 Å². The van der Waals surface area contributed by atoms with Crippen LogP contribution in [-0.2, 0) is 16.6 Å². The number of rotatable bonds is 5. The molecule has 0 saturated carbocycles. The molecule has 0 saturated heterocycles. The van der Waals surface area contributed by atoms with Gasteiger partial charge in [0, 0.05) is 24.8 Å². The van der Waals surface area contributed by atoms with E-state index in [-0.39, 0.29) is 12.0 Å². The van der Waals surface area contributed by atoms with Gasteiger partial charge >= 0.3 is 5.97 Å². The molecule has 0 aliphatic rings. The minimum absolute atomic E-state index is 0.0164. The Morgan fingerprint density at radius 1 is 1.59 bits per heavy atom. The fraction of sp³-hybridized carbons (Fsp3) is 0.667. The quantitative estimate of drug-likeness (QED) is 0.726. The molecule has 1 aromatic heterocycles. The third kappa shape index (κ3) is 3.56. The van der Waals surface area contributed by atoms with E-state index in [1.165, 1.54) is 0 Å². The van der Waals surface area contributed by atoms with Crippen LogP contribution in [0, 0.1) is 6.92 Å². The third-order valence-electron chi connectivity index (χ3n) is 2.70. The second-order valence-corrected chi connectivity index (χ2v) is 4.33. The molecule has 0 amide bonds. The Morgan fingerprint density at radius 2 is 2.24 bits per heavy atom. The first-order valence-electron chi connectivity index (χ1n) is 5.77. The SMILES string of the molecule is CCOC(=O)CC(c1cn(C)nc1C)N(C)C. The summed E-state index contributed by atoms with van der Waals surface area (Å²) in [7, 11) is 5.79. The number of carbonyl (C=O) groups is 1. The van der Waals surface area contributed by atoms with Crippen LogP contribution in [0.25, 0.3) is 0 Å². The lowest BCUT2D eigenvalue weighted by Crippen LogP contribution is -2.24. The van der Waals surface area contributed by atoms with Crippen LogP contribution in [0.5, 0.6) is 0 Å². The zero-order chi connectivity index (χ0) is 13.0. The van der Waals surface area contributed by atoms with Gasteiger partial charge in [-0.15, -0.1) is 0 Å². The number of ether oxygens (including phenoxy) is 1. The molecule has 0 fully saturated rings. The Labute approximate surface area is 102 Å². The van der Waals surface area contributed by atoms with Crippen LogP contribution in [0.4, 0.5) is 0 Å². The number of hydrogen-bond donors (Lipinski definition) is 0. The fourth-order valence-corrected chi connectivity index (χ4v) is 1.89. The van der Waals surface area contributed by atoms with Crippen molar-refractivity contribution in [1.82, 2.24) is 14.7 Å². The van der Waals surface area contributed by atoms with Crippen LogP contribution in [0.15, 0.2) is 6.20 Å². The van der Waals surface area contributed by atoms with E-state index >= 15 is 0 Å². The number of aromatic nitrogens is 2. The van der Waals surface area contributed by atoms with Gasteiger partial charge in [-0.25, -0.2) is 0 Å². The summed E-state index contributed by atoms with van der Waals surface area (Å²) < 4.78 is 6.77. The van der Waals surface area contributed by atoms with Gasteiger partial charge in [0.2, 0.25) is 0 Å². The Bertz CT molecular complexity index is 385. The highest BCUT2D eigenvalue weighted by Gasteiger charge is 2.22. The first kappa shape index (κ1) is 13.7. The summed E-state index contributed by atoms with van der Waals surface area (Å²) in [6, 6.07) is 0.0164. The van der Waals surface area contributed by atoms with E-state index in [2.05, 4.69) is 5.10 Å². The topological polar surface area (TPSA) is 47.4 Å². The normalized spacial score (nSPS) is 12.8. The van der Waals surface area contributed by atoms with Crippen molar-refractivity contribution < 1.29 is 9.53 Å². The van der Waals surface area contributed by atoms with Crippen LogP contribution < -0.4 is 0 Å². The van der Waals surface area contributed by atoms with Gasteiger partial charge in [0.1, 0.15) is 0 Å². The molecule has 0 radical (unpaired) electrons. The fourth-order valence-electron chi connectivity index (χ4n) is 1.89. The molecular weight excluding hydrogens is 218 g/mol. The van der Waals surface area contributed by atoms with Crippen molar-refractivity contribution in [3.8, 4) is 0 Å². The summed E-state index contributed by atoms with van der Waals surface area (Å²) >= 11 is 0. The molecule has 1 heterocycles. The maximum atomic E-state index is 11.6. The molecule has 0 aliphatic carbocycles. The van der Waals surface area contributed by atoms with Crippen LogP contribution in [0.3, 0.4) is 0 Å². The van der Waals surface area contributed by atoms with Gasteiger partial charge in [-0.05, 0) is 27.9 Å². The van der Waals surface area contributed by atoms with Crippen molar-refractivity contribution in [2.24, 2.45) is 7.05 Å². The molecule has 5 nitrogen and oxygen atoms in total. The minimum atomic E-state index is -0.172. The predicted molar refractivity (Wildman–Crippen MR) is 65.6 cm³/mol. The average Bonchev–Trinajstić information content (AvgIpc) is 2.54. The Balaban J connectivity index is 2.86. The largest absolute Gasteiger partial charge is 0.466 e. The van der Waals surface area contributed by atoms with E-state index in [4.69, 9.17) is 4.74 Å². The molecule has 96 valence electrons. The summed E-state index contributed by atoms with van der Waals surface area (Å²) in [5, 5.41) is 4.31. The van der Waals surface area contributed by atoms with E-state index < -0.39 is 0 Å². The van der Waals surface area contributed by atoms with E-state index in [1.54, 1.807) is 4.68 Å². The molecule has 0 aromatic carbocycles. The van der Waals surface area contributed by atoms with Gasteiger partial charge in [0.15, 0.2) is 0 Å².